The minimum Gasteiger partial charge on any atom is -0.365 e. The molecule has 3 aromatic heterocycles. The third kappa shape index (κ3) is 3.66. The Morgan fingerprint density at radius 1 is 1.12 bits per heavy atom. The lowest BCUT2D eigenvalue weighted by Gasteiger charge is -2.29. The molecule has 1 aromatic carbocycles. The Morgan fingerprint density at radius 3 is 2.62 bits per heavy atom. The predicted molar refractivity (Wildman–Crippen MR) is 128 cm³/mol. The molecule has 0 aliphatic heterocycles. The Morgan fingerprint density at radius 2 is 1.88 bits per heavy atom. The van der Waals surface area contributed by atoms with Crippen LogP contribution >= 0.6 is 11.3 Å². The van der Waals surface area contributed by atoms with Crippen molar-refractivity contribution in [2.45, 2.75) is 38.5 Å². The van der Waals surface area contributed by atoms with Gasteiger partial charge in [-0.1, -0.05) is 24.3 Å². The van der Waals surface area contributed by atoms with Crippen molar-refractivity contribution in [3.05, 3.63) is 64.3 Å². The summed E-state index contributed by atoms with van der Waals surface area (Å²) >= 11 is 1.40. The number of H-pyrrole nitrogens is 1. The molecule has 1 fully saturated rings. The Balaban J connectivity index is 1.24. The molecule has 0 unspecified atom stereocenters. The van der Waals surface area contributed by atoms with Gasteiger partial charge >= 0.3 is 0 Å². The number of nitrogens with zero attached hydrogens (tertiary/aromatic N) is 1. The number of nitrogens with one attached hydrogen (secondary N) is 2. The van der Waals surface area contributed by atoms with Crippen LogP contribution in [-0.2, 0) is 0 Å². The van der Waals surface area contributed by atoms with Gasteiger partial charge in [-0.2, -0.15) is 0 Å². The van der Waals surface area contributed by atoms with Gasteiger partial charge in [0.1, 0.15) is 10.5 Å². The zero-order chi connectivity index (χ0) is 22.2. The van der Waals surface area contributed by atoms with Gasteiger partial charge in [-0.05, 0) is 67.7 Å². The fraction of sp³-hybridized carbons (Fsp3) is 0.320. The van der Waals surface area contributed by atoms with E-state index >= 15 is 0 Å². The van der Waals surface area contributed by atoms with E-state index in [1.165, 1.54) is 11.3 Å². The van der Waals surface area contributed by atoms with Crippen molar-refractivity contribution in [2.24, 2.45) is 11.7 Å². The van der Waals surface area contributed by atoms with Gasteiger partial charge in [-0.15, -0.1) is 11.3 Å². The summed E-state index contributed by atoms with van der Waals surface area (Å²) in [7, 11) is 0. The molecule has 32 heavy (non-hydrogen) atoms. The third-order valence-corrected chi connectivity index (χ3v) is 7.87. The predicted octanol–water partition coefficient (Wildman–Crippen LogP) is 4.89. The number of primary amides is 1. The first-order chi connectivity index (χ1) is 15.5. The number of hydrogen-bond acceptors (Lipinski definition) is 4. The van der Waals surface area contributed by atoms with Gasteiger partial charge in [0.15, 0.2) is 0 Å². The van der Waals surface area contributed by atoms with E-state index in [9.17, 15) is 9.59 Å². The minimum atomic E-state index is -0.369. The van der Waals surface area contributed by atoms with Crippen molar-refractivity contribution in [3.63, 3.8) is 0 Å². The second kappa shape index (κ2) is 8.39. The molecule has 0 atom stereocenters. The molecular weight excluding hydrogens is 420 g/mol. The topological polar surface area (TPSA) is 101 Å². The van der Waals surface area contributed by atoms with Gasteiger partial charge in [0, 0.05) is 29.0 Å². The number of para-hydroxylation sites is 1. The molecule has 0 bridgehead atoms. The molecule has 4 aromatic rings. The summed E-state index contributed by atoms with van der Waals surface area (Å²) in [5, 5.41) is 5.26. The maximum absolute atomic E-state index is 12.8. The molecular formula is C25H26N4O2S. The summed E-state index contributed by atoms with van der Waals surface area (Å²) in [6.07, 6.45) is 5.72. The zero-order valence-corrected chi connectivity index (χ0v) is 18.8. The fourth-order valence-electron chi connectivity index (χ4n) is 5.03. The molecule has 2 amide bonds. The number of pyridine rings is 1. The number of rotatable bonds is 5. The summed E-state index contributed by atoms with van der Waals surface area (Å²) in [4.78, 5) is 34.0. The zero-order valence-electron chi connectivity index (χ0n) is 18.0. The molecule has 6 nitrogen and oxygen atoms in total. The average Bonchev–Trinajstić information content (AvgIpc) is 3.37. The normalized spacial score (nSPS) is 18.8. The molecule has 1 aliphatic rings. The lowest BCUT2D eigenvalue weighted by Crippen LogP contribution is -2.31. The van der Waals surface area contributed by atoms with Crippen LogP contribution in [0.1, 0.15) is 62.9 Å². The number of amides is 2. The number of benzene rings is 1. The molecule has 164 valence electrons. The SMILES string of the molecule is Cc1c(C(=O)NCC2CCC(c3c(C(N)=O)sc4ncccc34)CC2)[nH]c2ccccc12. The first-order valence-electron chi connectivity index (χ1n) is 11.1. The molecule has 1 saturated carbocycles. The highest BCUT2D eigenvalue weighted by Gasteiger charge is 2.29. The highest BCUT2D eigenvalue weighted by Crippen LogP contribution is 2.43. The number of aromatic nitrogens is 2. The van der Waals surface area contributed by atoms with Crippen molar-refractivity contribution in [2.75, 3.05) is 6.54 Å². The lowest BCUT2D eigenvalue weighted by atomic mass is 9.78. The van der Waals surface area contributed by atoms with Crippen molar-refractivity contribution in [1.82, 2.24) is 15.3 Å². The van der Waals surface area contributed by atoms with E-state index in [4.69, 9.17) is 5.73 Å². The molecule has 4 N–H and O–H groups in total. The molecule has 5 rings (SSSR count). The van der Waals surface area contributed by atoms with Gasteiger partial charge < -0.3 is 16.0 Å². The van der Waals surface area contributed by atoms with Crippen LogP contribution in [0.2, 0.25) is 0 Å². The van der Waals surface area contributed by atoms with Crippen LogP contribution in [0.15, 0.2) is 42.6 Å². The van der Waals surface area contributed by atoms with Crippen LogP contribution in [0, 0.1) is 12.8 Å². The Bertz CT molecular complexity index is 1310. The quantitative estimate of drug-likeness (QED) is 0.407. The number of hydrogen-bond donors (Lipinski definition) is 3. The Kier molecular flexibility index (Phi) is 5.43. The summed E-state index contributed by atoms with van der Waals surface area (Å²) in [6.45, 7) is 2.64. The second-order valence-corrected chi connectivity index (χ2v) is 9.66. The number of fused-ring (bicyclic) bond motifs is 2. The van der Waals surface area contributed by atoms with Crippen LogP contribution < -0.4 is 11.1 Å². The van der Waals surface area contributed by atoms with E-state index in [1.54, 1.807) is 6.20 Å². The van der Waals surface area contributed by atoms with Crippen LogP contribution in [0.3, 0.4) is 0 Å². The van der Waals surface area contributed by atoms with Crippen molar-refractivity contribution < 1.29 is 9.59 Å². The van der Waals surface area contributed by atoms with E-state index in [0.29, 0.717) is 29.0 Å². The fourth-order valence-corrected chi connectivity index (χ4v) is 6.11. The number of carbonyl (C=O) groups is 2. The van der Waals surface area contributed by atoms with E-state index in [2.05, 4.69) is 15.3 Å². The number of carbonyl (C=O) groups excluding carboxylic acids is 2. The lowest BCUT2D eigenvalue weighted by molar-refractivity contribution is 0.0936. The number of thiophene rings is 1. The standard InChI is InChI=1S/C25H26N4O2S/c1-14-17-5-2-3-7-19(17)29-21(14)24(31)28-13-15-8-10-16(11-9-15)20-18-6-4-12-27-25(18)32-22(20)23(26)30/h2-7,12,15-16,29H,8-11,13H2,1H3,(H2,26,30)(H,28,31). The molecule has 0 saturated heterocycles. The molecule has 0 spiro atoms. The number of nitrogens with two attached hydrogens (primary N) is 1. The van der Waals surface area contributed by atoms with E-state index in [1.807, 2.05) is 43.3 Å². The van der Waals surface area contributed by atoms with E-state index in [-0.39, 0.29) is 11.8 Å². The van der Waals surface area contributed by atoms with Gasteiger partial charge in [-0.3, -0.25) is 9.59 Å². The van der Waals surface area contributed by atoms with Crippen LogP contribution in [0.4, 0.5) is 0 Å². The van der Waals surface area contributed by atoms with Gasteiger partial charge in [-0.25, -0.2) is 4.98 Å². The maximum Gasteiger partial charge on any atom is 0.268 e. The minimum absolute atomic E-state index is 0.0493. The average molecular weight is 447 g/mol. The number of aromatic amines is 1. The second-order valence-electron chi connectivity index (χ2n) is 8.66. The highest BCUT2D eigenvalue weighted by atomic mass is 32.1. The molecule has 1 aliphatic carbocycles. The Labute approximate surface area is 190 Å². The van der Waals surface area contributed by atoms with Crippen LogP contribution in [-0.4, -0.2) is 28.3 Å². The van der Waals surface area contributed by atoms with Crippen LogP contribution in [0.5, 0.6) is 0 Å². The van der Waals surface area contributed by atoms with Gasteiger partial charge in [0.25, 0.3) is 11.8 Å². The van der Waals surface area contributed by atoms with Crippen molar-refractivity contribution in [3.8, 4) is 0 Å². The maximum atomic E-state index is 12.8. The summed E-state index contributed by atoms with van der Waals surface area (Å²) in [6, 6.07) is 11.9. The monoisotopic (exact) mass is 446 g/mol. The van der Waals surface area contributed by atoms with Crippen molar-refractivity contribution in [1.29, 1.82) is 0 Å². The summed E-state index contributed by atoms with van der Waals surface area (Å²) in [5.41, 5.74) is 9.36. The van der Waals surface area contributed by atoms with Crippen molar-refractivity contribution >= 4 is 44.3 Å². The highest BCUT2D eigenvalue weighted by molar-refractivity contribution is 7.20. The molecule has 0 radical (unpaired) electrons. The van der Waals surface area contributed by atoms with E-state index in [0.717, 1.165) is 57.9 Å². The number of aryl methyl sites for hydroxylation is 1. The summed E-state index contributed by atoms with van der Waals surface area (Å²) < 4.78 is 0. The smallest absolute Gasteiger partial charge is 0.268 e. The Hall–Kier alpha value is -3.19. The van der Waals surface area contributed by atoms with Gasteiger partial charge in [0.05, 0.1) is 4.88 Å². The van der Waals surface area contributed by atoms with Gasteiger partial charge in [0.2, 0.25) is 0 Å². The first kappa shape index (κ1) is 20.7. The molecule has 7 heteroatoms. The summed E-state index contributed by atoms with van der Waals surface area (Å²) in [5.74, 6) is 0.316. The first-order valence-corrected chi connectivity index (χ1v) is 11.9. The van der Waals surface area contributed by atoms with Crippen LogP contribution in [0.25, 0.3) is 21.1 Å². The molecule has 3 heterocycles. The van der Waals surface area contributed by atoms with E-state index < -0.39 is 0 Å². The third-order valence-electron chi connectivity index (χ3n) is 6.73. The largest absolute Gasteiger partial charge is 0.365 e.